The molecule has 0 aliphatic heterocycles. The van der Waals surface area contributed by atoms with E-state index in [0.29, 0.717) is 17.4 Å². The Morgan fingerprint density at radius 2 is 1.84 bits per heavy atom. The number of nitrogens with one attached hydrogen (secondary N) is 2. The molecule has 8 heteroatoms. The Morgan fingerprint density at radius 1 is 1.12 bits per heavy atom. The average molecular weight is 456 g/mol. The highest BCUT2D eigenvalue weighted by Crippen LogP contribution is 2.28. The van der Waals surface area contributed by atoms with Crippen LogP contribution in [0.25, 0.3) is 0 Å². The summed E-state index contributed by atoms with van der Waals surface area (Å²) in [5.41, 5.74) is 6.49. The molecule has 1 atom stereocenters. The molecule has 7 nitrogen and oxygen atoms in total. The van der Waals surface area contributed by atoms with Gasteiger partial charge in [0.25, 0.3) is 15.9 Å². The molecule has 0 saturated heterocycles. The lowest BCUT2D eigenvalue weighted by molar-refractivity contribution is 0.0954. The van der Waals surface area contributed by atoms with Gasteiger partial charge >= 0.3 is 0 Å². The fourth-order valence-corrected chi connectivity index (χ4v) is 4.71. The smallest absolute Gasteiger partial charge is 0.271 e. The van der Waals surface area contributed by atoms with Crippen molar-refractivity contribution in [2.24, 2.45) is 11.0 Å². The second-order valence-electron chi connectivity index (χ2n) is 8.19. The Morgan fingerprint density at radius 3 is 2.50 bits per heavy atom. The molecule has 170 valence electrons. The van der Waals surface area contributed by atoms with Gasteiger partial charge in [-0.25, -0.2) is 13.8 Å². The van der Waals surface area contributed by atoms with Crippen molar-refractivity contribution in [1.82, 2.24) is 5.43 Å². The van der Waals surface area contributed by atoms with Gasteiger partial charge in [0, 0.05) is 11.3 Å². The lowest BCUT2D eigenvalue weighted by Gasteiger charge is -2.23. The second kappa shape index (κ2) is 9.99. The molecule has 0 radical (unpaired) electrons. The first-order valence-electron chi connectivity index (χ1n) is 10.5. The molecule has 0 aromatic heterocycles. The molecule has 1 aliphatic carbocycles. The highest BCUT2D eigenvalue weighted by atomic mass is 32.2. The number of benzene rings is 2. The second-order valence-corrected chi connectivity index (χ2v) is 9.87. The van der Waals surface area contributed by atoms with E-state index in [-0.39, 0.29) is 10.5 Å². The standard InChI is InChI=1S/C24H29N3O4S/c1-16(2)22-13-8-17(3)14-23(22)25-26-24(28)18-6-5-7-21(15-18)32(29,30)27-19-9-11-20(31-4)12-10-19/h5-7,9-12,15,17,27H,8,13-14H2,1-4H3,(H,26,28). The molecule has 1 unspecified atom stereocenters. The minimum absolute atomic E-state index is 0.00935. The predicted molar refractivity (Wildman–Crippen MR) is 127 cm³/mol. The largest absolute Gasteiger partial charge is 0.497 e. The molecule has 2 N–H and O–H groups in total. The van der Waals surface area contributed by atoms with E-state index in [1.807, 2.05) is 13.8 Å². The van der Waals surface area contributed by atoms with Gasteiger partial charge in [0.05, 0.1) is 17.7 Å². The minimum atomic E-state index is -3.87. The molecular weight excluding hydrogens is 426 g/mol. The lowest BCUT2D eigenvalue weighted by atomic mass is 9.83. The number of hydrogen-bond donors (Lipinski definition) is 2. The van der Waals surface area contributed by atoms with Crippen LogP contribution in [0.4, 0.5) is 5.69 Å². The number of ether oxygens (including phenoxy) is 1. The van der Waals surface area contributed by atoms with Crippen LogP contribution in [0.15, 0.2) is 69.7 Å². The molecule has 1 saturated carbocycles. The summed E-state index contributed by atoms with van der Waals surface area (Å²) in [6, 6.07) is 12.4. The Kier molecular flexibility index (Phi) is 7.35. The first-order valence-corrected chi connectivity index (χ1v) is 12.0. The summed E-state index contributed by atoms with van der Waals surface area (Å²) in [7, 11) is -2.33. The first kappa shape index (κ1) is 23.5. The van der Waals surface area contributed by atoms with E-state index in [1.165, 1.54) is 36.5 Å². The fraction of sp³-hybridized carbons (Fsp3) is 0.333. The molecule has 1 fully saturated rings. The number of methoxy groups -OCH3 is 1. The van der Waals surface area contributed by atoms with Crippen LogP contribution in [-0.2, 0) is 10.0 Å². The maximum Gasteiger partial charge on any atom is 0.271 e. The number of allylic oxidation sites excluding steroid dienone is 2. The molecule has 0 heterocycles. The molecule has 0 bridgehead atoms. The van der Waals surface area contributed by atoms with Crippen molar-refractivity contribution in [3.8, 4) is 5.75 Å². The fourth-order valence-electron chi connectivity index (χ4n) is 3.60. The topological polar surface area (TPSA) is 96.9 Å². The maximum atomic E-state index is 12.8. The van der Waals surface area contributed by atoms with Crippen LogP contribution < -0.4 is 14.9 Å². The zero-order valence-electron chi connectivity index (χ0n) is 18.8. The molecule has 0 spiro atoms. The van der Waals surface area contributed by atoms with E-state index < -0.39 is 15.9 Å². The summed E-state index contributed by atoms with van der Waals surface area (Å²) >= 11 is 0. The van der Waals surface area contributed by atoms with Gasteiger partial charge in [-0.2, -0.15) is 5.10 Å². The van der Waals surface area contributed by atoms with E-state index in [9.17, 15) is 13.2 Å². The number of rotatable bonds is 6. The van der Waals surface area contributed by atoms with Gasteiger partial charge in [-0.15, -0.1) is 0 Å². The molecular formula is C24H29N3O4S. The molecule has 3 rings (SSSR count). The Hall–Kier alpha value is -3.13. The van der Waals surface area contributed by atoms with Crippen molar-refractivity contribution in [1.29, 1.82) is 0 Å². The SMILES string of the molecule is COc1ccc(NS(=O)(=O)c2cccc(C(=O)NN=C3CC(C)CCC3=C(C)C)c2)cc1. The number of nitrogens with zero attached hydrogens (tertiary/aromatic N) is 1. The summed E-state index contributed by atoms with van der Waals surface area (Å²) in [6.45, 7) is 6.27. The summed E-state index contributed by atoms with van der Waals surface area (Å²) in [5.74, 6) is 0.674. The number of carbonyl (C=O) groups is 1. The Labute approximate surface area is 189 Å². The van der Waals surface area contributed by atoms with E-state index in [1.54, 1.807) is 30.3 Å². The van der Waals surface area contributed by atoms with Crippen LogP contribution in [-0.4, -0.2) is 27.1 Å². The number of sulfonamides is 1. The summed E-state index contributed by atoms with van der Waals surface area (Å²) < 4.78 is 33.2. The van der Waals surface area contributed by atoms with Crippen LogP contribution in [0.3, 0.4) is 0 Å². The highest BCUT2D eigenvalue weighted by molar-refractivity contribution is 7.92. The van der Waals surface area contributed by atoms with Crippen molar-refractivity contribution < 1.29 is 17.9 Å². The van der Waals surface area contributed by atoms with Crippen molar-refractivity contribution in [3.63, 3.8) is 0 Å². The number of amides is 1. The Bertz CT molecular complexity index is 1150. The van der Waals surface area contributed by atoms with E-state index in [2.05, 4.69) is 22.2 Å². The quantitative estimate of drug-likeness (QED) is 0.615. The van der Waals surface area contributed by atoms with Crippen LogP contribution in [0.1, 0.15) is 50.4 Å². The maximum absolute atomic E-state index is 12.8. The normalized spacial score (nSPS) is 17.7. The number of carbonyl (C=O) groups excluding carboxylic acids is 1. The molecule has 2 aromatic rings. The highest BCUT2D eigenvalue weighted by Gasteiger charge is 2.21. The number of anilines is 1. The summed E-state index contributed by atoms with van der Waals surface area (Å²) in [5, 5.41) is 4.37. The van der Waals surface area contributed by atoms with Gasteiger partial charge in [0.1, 0.15) is 5.75 Å². The molecule has 2 aromatic carbocycles. The van der Waals surface area contributed by atoms with Crippen LogP contribution >= 0.6 is 0 Å². The van der Waals surface area contributed by atoms with Gasteiger partial charge in [-0.05, 0) is 87.1 Å². The van der Waals surface area contributed by atoms with Gasteiger partial charge in [-0.1, -0.05) is 18.6 Å². The number of hydrazone groups is 1. The third-order valence-electron chi connectivity index (χ3n) is 5.42. The molecule has 32 heavy (non-hydrogen) atoms. The zero-order chi connectivity index (χ0) is 23.3. The summed E-state index contributed by atoms with van der Waals surface area (Å²) in [6.07, 6.45) is 2.86. The Balaban J connectivity index is 1.77. The van der Waals surface area contributed by atoms with Gasteiger partial charge in [0.2, 0.25) is 0 Å². The number of hydrogen-bond acceptors (Lipinski definition) is 5. The van der Waals surface area contributed by atoms with Crippen molar-refractivity contribution in [2.45, 2.75) is 44.9 Å². The van der Waals surface area contributed by atoms with Gasteiger partial charge in [0.15, 0.2) is 0 Å². The van der Waals surface area contributed by atoms with E-state index >= 15 is 0 Å². The predicted octanol–water partition coefficient (Wildman–Crippen LogP) is 4.74. The van der Waals surface area contributed by atoms with Gasteiger partial charge in [-0.3, -0.25) is 9.52 Å². The monoisotopic (exact) mass is 455 g/mol. The van der Waals surface area contributed by atoms with E-state index in [4.69, 9.17) is 4.74 Å². The van der Waals surface area contributed by atoms with Crippen LogP contribution in [0.5, 0.6) is 5.75 Å². The zero-order valence-corrected chi connectivity index (χ0v) is 19.6. The lowest BCUT2D eigenvalue weighted by Crippen LogP contribution is -2.24. The minimum Gasteiger partial charge on any atom is -0.497 e. The molecule has 1 aliphatic rings. The van der Waals surface area contributed by atoms with Crippen LogP contribution in [0, 0.1) is 5.92 Å². The average Bonchev–Trinajstić information content (AvgIpc) is 2.77. The molecule has 1 amide bonds. The van der Waals surface area contributed by atoms with Crippen molar-refractivity contribution in [3.05, 3.63) is 65.2 Å². The van der Waals surface area contributed by atoms with Crippen molar-refractivity contribution >= 4 is 27.3 Å². The summed E-state index contributed by atoms with van der Waals surface area (Å²) in [4.78, 5) is 12.7. The van der Waals surface area contributed by atoms with Crippen molar-refractivity contribution in [2.75, 3.05) is 11.8 Å². The van der Waals surface area contributed by atoms with Crippen LogP contribution in [0.2, 0.25) is 0 Å². The first-order chi connectivity index (χ1) is 15.2. The van der Waals surface area contributed by atoms with E-state index in [0.717, 1.165) is 25.0 Å². The third-order valence-corrected chi connectivity index (χ3v) is 6.80. The third kappa shape index (κ3) is 5.76. The van der Waals surface area contributed by atoms with Gasteiger partial charge < -0.3 is 4.74 Å².